The van der Waals surface area contributed by atoms with Crippen LogP contribution in [0.2, 0.25) is 0 Å². The van der Waals surface area contributed by atoms with Crippen LogP contribution in [0.5, 0.6) is 5.75 Å². The summed E-state index contributed by atoms with van der Waals surface area (Å²) in [4.78, 5) is 11.7. The summed E-state index contributed by atoms with van der Waals surface area (Å²) in [6.07, 6.45) is 0. The molecule has 18 heavy (non-hydrogen) atoms. The zero-order valence-corrected chi connectivity index (χ0v) is 10.9. The monoisotopic (exact) mass is 249 g/mol. The maximum Gasteiger partial charge on any atom is 0.227 e. The maximum atomic E-state index is 11.7. The van der Waals surface area contributed by atoms with Crippen LogP contribution in [0.1, 0.15) is 19.4 Å². The molecule has 0 spiro atoms. The smallest absolute Gasteiger partial charge is 0.227 e. The molecule has 0 fully saturated rings. The molecule has 98 valence electrons. The number of carbonyl (C=O) groups excluding carboxylic acids is 1. The Bertz CT molecular complexity index is 456. The predicted octanol–water partition coefficient (Wildman–Crippen LogP) is 1.90. The molecule has 0 saturated heterocycles. The normalized spacial score (nSPS) is 10.2. The van der Waals surface area contributed by atoms with Crippen molar-refractivity contribution in [3.8, 4) is 5.75 Å². The van der Waals surface area contributed by atoms with Gasteiger partial charge in [0.15, 0.2) is 0 Å². The Morgan fingerprint density at radius 3 is 2.72 bits per heavy atom. The Morgan fingerprint density at radius 1 is 1.50 bits per heavy atom. The lowest BCUT2D eigenvalue weighted by Crippen LogP contribution is -2.21. The summed E-state index contributed by atoms with van der Waals surface area (Å²) in [6, 6.07) is 5.46. The molecule has 1 aromatic carbocycles. The molecule has 0 aromatic heterocycles. The number of rotatable bonds is 5. The Kier molecular flexibility index (Phi) is 4.71. The Hall–Kier alpha value is -2.04. The number of amidine groups is 1. The van der Waals surface area contributed by atoms with E-state index < -0.39 is 0 Å². The molecule has 0 heterocycles. The van der Waals surface area contributed by atoms with Crippen molar-refractivity contribution >= 4 is 17.4 Å². The van der Waals surface area contributed by atoms with Crippen molar-refractivity contribution in [1.29, 1.82) is 5.41 Å². The van der Waals surface area contributed by atoms with Crippen LogP contribution in [0.15, 0.2) is 18.2 Å². The summed E-state index contributed by atoms with van der Waals surface area (Å²) in [5, 5.41) is 9.93. The molecule has 0 bridgehead atoms. The third-order valence-electron chi connectivity index (χ3n) is 2.30. The van der Waals surface area contributed by atoms with Gasteiger partial charge in [-0.2, -0.15) is 0 Å². The Morgan fingerprint density at radius 2 is 2.17 bits per heavy atom. The summed E-state index contributed by atoms with van der Waals surface area (Å²) in [5.41, 5.74) is 6.86. The van der Waals surface area contributed by atoms with Crippen molar-refractivity contribution in [1.82, 2.24) is 0 Å². The fraction of sp³-hybridized carbons (Fsp3) is 0.385. The first kappa shape index (κ1) is 14.0. The lowest BCUT2D eigenvalue weighted by Gasteiger charge is -2.14. The lowest BCUT2D eigenvalue weighted by molar-refractivity contribution is -0.118. The van der Waals surface area contributed by atoms with Crippen molar-refractivity contribution < 1.29 is 9.53 Å². The van der Waals surface area contributed by atoms with Gasteiger partial charge >= 0.3 is 0 Å². The molecule has 0 aliphatic rings. The summed E-state index contributed by atoms with van der Waals surface area (Å²) in [6.45, 7) is 5.58. The van der Waals surface area contributed by atoms with Gasteiger partial charge in [-0.05, 0) is 24.6 Å². The van der Waals surface area contributed by atoms with E-state index in [9.17, 15) is 4.79 Å². The van der Waals surface area contributed by atoms with Gasteiger partial charge in [0.1, 0.15) is 18.2 Å². The number of aryl methyl sites for hydroxylation is 1. The standard InChI is InChI=1S/C13H19N3O2/c1-8(2)13(17)16-10-6-9(3)4-5-11(10)18-7-12(14)15/h4-6,8H,7H2,1-3H3,(H3,14,15)(H,16,17). The molecular weight excluding hydrogens is 230 g/mol. The van der Waals surface area contributed by atoms with E-state index in [-0.39, 0.29) is 24.3 Å². The van der Waals surface area contributed by atoms with Crippen molar-refractivity contribution in [3.63, 3.8) is 0 Å². The summed E-state index contributed by atoms with van der Waals surface area (Å²) in [7, 11) is 0. The van der Waals surface area contributed by atoms with Crippen LogP contribution in [0.3, 0.4) is 0 Å². The van der Waals surface area contributed by atoms with Crippen LogP contribution in [0, 0.1) is 18.3 Å². The van der Waals surface area contributed by atoms with Gasteiger partial charge in [0.2, 0.25) is 5.91 Å². The minimum atomic E-state index is -0.105. The minimum absolute atomic E-state index is 0.00755. The molecule has 0 saturated carbocycles. The van der Waals surface area contributed by atoms with E-state index in [1.54, 1.807) is 6.07 Å². The number of hydrogen-bond acceptors (Lipinski definition) is 3. The van der Waals surface area contributed by atoms with E-state index in [1.165, 1.54) is 0 Å². The number of anilines is 1. The zero-order valence-electron chi connectivity index (χ0n) is 10.9. The first-order valence-corrected chi connectivity index (χ1v) is 5.77. The van der Waals surface area contributed by atoms with Gasteiger partial charge in [-0.3, -0.25) is 10.2 Å². The number of nitrogens with two attached hydrogens (primary N) is 1. The van der Waals surface area contributed by atoms with Gasteiger partial charge in [-0.1, -0.05) is 19.9 Å². The summed E-state index contributed by atoms with van der Waals surface area (Å²) >= 11 is 0. The summed E-state index contributed by atoms with van der Waals surface area (Å²) < 4.78 is 5.37. The molecule has 0 unspecified atom stereocenters. The second-order valence-electron chi connectivity index (χ2n) is 4.46. The van der Waals surface area contributed by atoms with Gasteiger partial charge < -0.3 is 15.8 Å². The van der Waals surface area contributed by atoms with E-state index in [0.29, 0.717) is 11.4 Å². The molecular formula is C13H19N3O2. The highest BCUT2D eigenvalue weighted by atomic mass is 16.5. The van der Waals surface area contributed by atoms with E-state index in [2.05, 4.69) is 5.32 Å². The molecule has 1 rings (SSSR count). The van der Waals surface area contributed by atoms with E-state index in [4.69, 9.17) is 15.9 Å². The largest absolute Gasteiger partial charge is 0.484 e. The van der Waals surface area contributed by atoms with Crippen LogP contribution in [0.25, 0.3) is 0 Å². The quantitative estimate of drug-likeness (QED) is 0.550. The Balaban J connectivity index is 2.89. The lowest BCUT2D eigenvalue weighted by atomic mass is 10.1. The third-order valence-corrected chi connectivity index (χ3v) is 2.30. The molecule has 5 heteroatoms. The van der Waals surface area contributed by atoms with E-state index >= 15 is 0 Å². The van der Waals surface area contributed by atoms with Crippen LogP contribution in [-0.2, 0) is 4.79 Å². The van der Waals surface area contributed by atoms with Crippen molar-refractivity contribution in [2.75, 3.05) is 11.9 Å². The van der Waals surface area contributed by atoms with Crippen LogP contribution < -0.4 is 15.8 Å². The van der Waals surface area contributed by atoms with Gasteiger partial charge in [0.05, 0.1) is 5.69 Å². The number of benzene rings is 1. The van der Waals surface area contributed by atoms with Crippen molar-refractivity contribution in [2.45, 2.75) is 20.8 Å². The highest BCUT2D eigenvalue weighted by Crippen LogP contribution is 2.26. The van der Waals surface area contributed by atoms with Crippen LogP contribution in [0.4, 0.5) is 5.69 Å². The van der Waals surface area contributed by atoms with E-state index in [0.717, 1.165) is 5.56 Å². The van der Waals surface area contributed by atoms with Crippen LogP contribution in [-0.4, -0.2) is 18.3 Å². The van der Waals surface area contributed by atoms with Gasteiger partial charge in [0.25, 0.3) is 0 Å². The average molecular weight is 249 g/mol. The predicted molar refractivity (Wildman–Crippen MR) is 72.1 cm³/mol. The zero-order chi connectivity index (χ0) is 13.7. The van der Waals surface area contributed by atoms with Gasteiger partial charge in [-0.25, -0.2) is 0 Å². The number of amides is 1. The summed E-state index contributed by atoms with van der Waals surface area (Å²) in [5.74, 6) is 0.279. The third kappa shape index (κ3) is 4.08. The minimum Gasteiger partial charge on any atom is -0.484 e. The second-order valence-corrected chi connectivity index (χ2v) is 4.46. The van der Waals surface area contributed by atoms with Gasteiger partial charge in [-0.15, -0.1) is 0 Å². The molecule has 1 amide bonds. The molecule has 4 N–H and O–H groups in total. The number of nitrogens with one attached hydrogen (secondary N) is 2. The molecule has 0 radical (unpaired) electrons. The molecule has 5 nitrogen and oxygen atoms in total. The fourth-order valence-electron chi connectivity index (χ4n) is 1.30. The number of ether oxygens (including phenoxy) is 1. The van der Waals surface area contributed by atoms with Crippen molar-refractivity contribution in [3.05, 3.63) is 23.8 Å². The highest BCUT2D eigenvalue weighted by Gasteiger charge is 2.11. The molecule has 0 atom stereocenters. The second kappa shape index (κ2) is 6.05. The Labute approximate surface area is 107 Å². The topological polar surface area (TPSA) is 88.2 Å². The molecule has 0 aliphatic heterocycles. The van der Waals surface area contributed by atoms with Crippen LogP contribution >= 0.6 is 0 Å². The first-order chi connectivity index (χ1) is 8.40. The number of hydrogen-bond donors (Lipinski definition) is 3. The fourth-order valence-corrected chi connectivity index (χ4v) is 1.30. The SMILES string of the molecule is Cc1ccc(OCC(=N)N)c(NC(=O)C(C)C)c1. The van der Waals surface area contributed by atoms with Crippen molar-refractivity contribution in [2.24, 2.45) is 11.7 Å². The highest BCUT2D eigenvalue weighted by molar-refractivity contribution is 5.93. The average Bonchev–Trinajstić information content (AvgIpc) is 2.27. The molecule has 0 aliphatic carbocycles. The molecule has 1 aromatic rings. The van der Waals surface area contributed by atoms with E-state index in [1.807, 2.05) is 32.9 Å². The first-order valence-electron chi connectivity index (χ1n) is 5.77. The van der Waals surface area contributed by atoms with Gasteiger partial charge in [0, 0.05) is 5.92 Å². The number of carbonyl (C=O) groups is 1. The maximum absolute atomic E-state index is 11.7.